The summed E-state index contributed by atoms with van der Waals surface area (Å²) in [5, 5.41) is 10.7. The van der Waals surface area contributed by atoms with E-state index in [4.69, 9.17) is 14.2 Å². The van der Waals surface area contributed by atoms with Gasteiger partial charge in [0.25, 0.3) is 5.69 Å². The van der Waals surface area contributed by atoms with E-state index in [1.165, 1.54) is 29.8 Å². The number of carbonyl (C=O) groups excluding carboxylic acids is 3. The van der Waals surface area contributed by atoms with Gasteiger partial charge in [0.1, 0.15) is 5.75 Å². The number of esters is 1. The average Bonchev–Trinajstić information content (AvgIpc) is 3.03. The number of amides is 1. The molecule has 0 atom stereocenters. The van der Waals surface area contributed by atoms with E-state index < -0.39 is 17.0 Å². The summed E-state index contributed by atoms with van der Waals surface area (Å²) in [6, 6.07) is 21.2. The van der Waals surface area contributed by atoms with E-state index in [0.29, 0.717) is 19.4 Å². The Morgan fingerprint density at radius 1 is 0.750 bits per heavy atom. The minimum absolute atomic E-state index is 0.0177. The lowest BCUT2D eigenvalue weighted by atomic mass is 9.95. The largest absolute Gasteiger partial charge is 0.513 e. The van der Waals surface area contributed by atoms with Gasteiger partial charge in [-0.25, -0.2) is 4.79 Å². The number of rotatable bonds is 12. The molecule has 234 valence electrons. The third-order valence-electron chi connectivity index (χ3n) is 7.01. The van der Waals surface area contributed by atoms with Gasteiger partial charge in [0, 0.05) is 24.2 Å². The van der Waals surface area contributed by atoms with Crippen LogP contribution in [0.4, 0.5) is 16.2 Å². The molecular weight excluding hydrogens is 564 g/mol. The lowest BCUT2D eigenvalue weighted by Crippen LogP contribution is -2.33. The summed E-state index contributed by atoms with van der Waals surface area (Å²) in [7, 11) is 0. The number of nitro groups is 1. The molecule has 0 fully saturated rings. The van der Waals surface area contributed by atoms with Crippen LogP contribution in [0.2, 0.25) is 0 Å². The summed E-state index contributed by atoms with van der Waals surface area (Å²) in [6.07, 6.45) is 3.78. The Bertz CT molecular complexity index is 1390. The second kappa shape index (κ2) is 18.0. The number of unbranched alkanes of at least 4 members (excludes halogenated alkanes) is 3. The summed E-state index contributed by atoms with van der Waals surface area (Å²) in [4.78, 5) is 49.2. The molecular formula is C34H40N2O8. The topological polar surface area (TPSA) is 125 Å². The Labute approximate surface area is 258 Å². The molecule has 0 aromatic heterocycles. The molecule has 0 spiro atoms. The average molecular weight is 605 g/mol. The van der Waals surface area contributed by atoms with Crippen molar-refractivity contribution in [3.63, 3.8) is 0 Å². The van der Waals surface area contributed by atoms with Gasteiger partial charge in [0.2, 0.25) is 5.91 Å². The summed E-state index contributed by atoms with van der Waals surface area (Å²) in [5.41, 5.74) is 4.27. The van der Waals surface area contributed by atoms with Crippen LogP contribution in [-0.4, -0.2) is 36.2 Å². The van der Waals surface area contributed by atoms with E-state index in [1.54, 1.807) is 4.90 Å². The number of benzene rings is 3. The van der Waals surface area contributed by atoms with Crippen molar-refractivity contribution in [2.75, 3.05) is 18.1 Å². The fourth-order valence-electron chi connectivity index (χ4n) is 4.77. The highest BCUT2D eigenvalue weighted by atomic mass is 16.7. The third-order valence-corrected chi connectivity index (χ3v) is 7.01. The smallest absolute Gasteiger partial charge is 0.466 e. The quantitative estimate of drug-likeness (QED) is 0.0691. The number of nitro benzene ring substituents is 1. The molecule has 1 aliphatic heterocycles. The van der Waals surface area contributed by atoms with Crippen LogP contribution in [0, 0.1) is 10.1 Å². The zero-order valence-corrected chi connectivity index (χ0v) is 25.4. The van der Waals surface area contributed by atoms with Crippen LogP contribution >= 0.6 is 0 Å². The lowest BCUT2D eigenvalue weighted by Gasteiger charge is -2.28. The van der Waals surface area contributed by atoms with Gasteiger partial charge in [-0.05, 0) is 73.4 Å². The zero-order valence-electron chi connectivity index (χ0n) is 25.4. The van der Waals surface area contributed by atoms with Gasteiger partial charge >= 0.3 is 12.1 Å². The maximum atomic E-state index is 13.3. The van der Waals surface area contributed by atoms with E-state index in [9.17, 15) is 24.5 Å². The number of hydrogen-bond donors (Lipinski definition) is 0. The Hall–Kier alpha value is -4.73. The molecule has 3 aromatic carbocycles. The second-order valence-electron chi connectivity index (χ2n) is 9.96. The van der Waals surface area contributed by atoms with Gasteiger partial charge in [0.15, 0.2) is 0 Å². The predicted molar refractivity (Wildman–Crippen MR) is 167 cm³/mol. The Kier molecular flexibility index (Phi) is 13.9. The Morgan fingerprint density at radius 2 is 1.34 bits per heavy atom. The molecule has 44 heavy (non-hydrogen) atoms. The van der Waals surface area contributed by atoms with Gasteiger partial charge in [0.05, 0.1) is 31.1 Å². The van der Waals surface area contributed by atoms with Crippen LogP contribution in [0.1, 0.15) is 69.1 Å². The molecule has 1 aliphatic rings. The summed E-state index contributed by atoms with van der Waals surface area (Å²) in [5.74, 6) is -0.351. The van der Waals surface area contributed by atoms with Crippen molar-refractivity contribution in [2.24, 2.45) is 0 Å². The van der Waals surface area contributed by atoms with E-state index in [2.05, 4.69) is 18.2 Å². The molecule has 0 saturated carbocycles. The number of ether oxygens (including phenoxy) is 3. The van der Waals surface area contributed by atoms with E-state index >= 15 is 0 Å². The van der Waals surface area contributed by atoms with Crippen LogP contribution in [0.5, 0.6) is 5.75 Å². The van der Waals surface area contributed by atoms with Gasteiger partial charge in [-0.2, -0.15) is 0 Å². The van der Waals surface area contributed by atoms with Crippen molar-refractivity contribution < 1.29 is 33.5 Å². The van der Waals surface area contributed by atoms with E-state index in [-0.39, 0.29) is 43.4 Å². The normalized spacial score (nSPS) is 11.8. The van der Waals surface area contributed by atoms with Crippen LogP contribution < -0.4 is 9.64 Å². The van der Waals surface area contributed by atoms with Gasteiger partial charge in [-0.3, -0.25) is 19.7 Å². The lowest BCUT2D eigenvalue weighted by molar-refractivity contribution is -0.384. The molecule has 0 saturated heterocycles. The third kappa shape index (κ3) is 10.5. The molecule has 10 nitrogen and oxygen atoms in total. The monoisotopic (exact) mass is 604 g/mol. The number of nitrogens with zero attached hydrogens (tertiary/aromatic N) is 2. The first-order valence-corrected chi connectivity index (χ1v) is 15.1. The number of para-hydroxylation sites is 1. The van der Waals surface area contributed by atoms with Crippen molar-refractivity contribution >= 4 is 29.4 Å². The fourth-order valence-corrected chi connectivity index (χ4v) is 4.77. The van der Waals surface area contributed by atoms with Crippen LogP contribution in [-0.2, 0) is 38.4 Å². The minimum atomic E-state index is -0.879. The SMILES string of the molecule is CC.O=C(CCC(=O)N1Cc2ccccc2CCc2ccccc21)OCCCCCCOC(=O)Oc1ccc([N+](=O)[O-])cc1. The maximum Gasteiger partial charge on any atom is 0.513 e. The molecule has 4 rings (SSSR count). The summed E-state index contributed by atoms with van der Waals surface area (Å²) >= 11 is 0. The Morgan fingerprint density at radius 3 is 2.02 bits per heavy atom. The molecule has 0 bridgehead atoms. The Balaban J connectivity index is 0.00000259. The van der Waals surface area contributed by atoms with Gasteiger partial charge in [-0.15, -0.1) is 0 Å². The number of fused-ring (bicyclic) bond motifs is 2. The van der Waals surface area contributed by atoms with Gasteiger partial charge < -0.3 is 19.1 Å². The van der Waals surface area contributed by atoms with Crippen LogP contribution in [0.15, 0.2) is 72.8 Å². The van der Waals surface area contributed by atoms with E-state index in [0.717, 1.165) is 42.5 Å². The highest BCUT2D eigenvalue weighted by molar-refractivity contribution is 5.95. The number of aryl methyl sites for hydroxylation is 2. The standard InChI is InChI=1S/C32H34N2O8.C2H6/c35-30(33-23-26-11-4-3-9-24(26)13-14-25-10-5-6-12-29(25)33)19-20-31(36)40-21-7-1-2-8-22-41-32(37)42-28-17-15-27(16-18-28)34(38)39;1-2/h3-6,9-12,15-18H,1-2,7-8,13-14,19-23H2;1-2H3. The van der Waals surface area contributed by atoms with Crippen LogP contribution in [0.3, 0.4) is 0 Å². The molecule has 1 heterocycles. The highest BCUT2D eigenvalue weighted by Gasteiger charge is 2.23. The highest BCUT2D eigenvalue weighted by Crippen LogP contribution is 2.29. The van der Waals surface area contributed by atoms with Crippen LogP contribution in [0.25, 0.3) is 0 Å². The van der Waals surface area contributed by atoms with Crippen molar-refractivity contribution in [1.29, 1.82) is 0 Å². The number of non-ortho nitro benzene ring substituents is 1. The fraction of sp³-hybridized carbons (Fsp3) is 0.382. The maximum absolute atomic E-state index is 13.3. The summed E-state index contributed by atoms with van der Waals surface area (Å²) < 4.78 is 15.3. The van der Waals surface area contributed by atoms with Crippen molar-refractivity contribution in [3.8, 4) is 5.75 Å². The van der Waals surface area contributed by atoms with Gasteiger partial charge in [-0.1, -0.05) is 56.3 Å². The first-order valence-electron chi connectivity index (χ1n) is 15.1. The molecule has 0 radical (unpaired) electrons. The van der Waals surface area contributed by atoms with Crippen molar-refractivity contribution in [1.82, 2.24) is 0 Å². The molecule has 0 aliphatic carbocycles. The molecule has 0 N–H and O–H groups in total. The van der Waals surface area contributed by atoms with E-state index in [1.807, 2.05) is 44.2 Å². The number of carbonyl (C=O) groups is 3. The first-order chi connectivity index (χ1) is 21.4. The second-order valence-corrected chi connectivity index (χ2v) is 9.96. The number of hydrogen-bond acceptors (Lipinski definition) is 8. The van der Waals surface area contributed by atoms with Crippen molar-refractivity contribution in [3.05, 3.63) is 99.6 Å². The van der Waals surface area contributed by atoms with Crippen molar-refractivity contribution in [2.45, 2.75) is 71.8 Å². The minimum Gasteiger partial charge on any atom is -0.466 e. The first kappa shape index (κ1) is 33.8. The molecule has 10 heteroatoms. The number of anilines is 1. The molecule has 3 aromatic rings. The predicted octanol–water partition coefficient (Wildman–Crippen LogP) is 7.35. The molecule has 1 amide bonds. The zero-order chi connectivity index (χ0) is 31.7. The molecule has 0 unspecified atom stereocenters. The summed E-state index contributed by atoms with van der Waals surface area (Å²) in [6.45, 7) is 4.90.